The molecule has 0 bridgehead atoms. The van der Waals surface area contributed by atoms with E-state index < -0.39 is 8.32 Å². The summed E-state index contributed by atoms with van der Waals surface area (Å²) in [6.07, 6.45) is 23.0. The minimum atomic E-state index is -1.27. The Morgan fingerprint density at radius 1 is 0.478 bits per heavy atom. The molecule has 0 aliphatic heterocycles. The zero-order valence-corrected chi connectivity index (χ0v) is 17.9. The predicted octanol–water partition coefficient (Wildman–Crippen LogP) is 8.10. The van der Waals surface area contributed by atoms with Gasteiger partial charge in [0, 0.05) is 6.61 Å². The lowest BCUT2D eigenvalue weighted by atomic mass is 10.0. The summed E-state index contributed by atoms with van der Waals surface area (Å²) in [4.78, 5) is 0. The highest BCUT2D eigenvalue weighted by Gasteiger charge is 2.12. The van der Waals surface area contributed by atoms with E-state index in [2.05, 4.69) is 26.6 Å². The van der Waals surface area contributed by atoms with E-state index in [9.17, 15) is 0 Å². The normalized spacial score (nSPS) is 12.0. The monoisotopic (exact) mass is 342 g/mol. The van der Waals surface area contributed by atoms with Gasteiger partial charge in [0.1, 0.15) is 0 Å². The van der Waals surface area contributed by atoms with Crippen molar-refractivity contribution in [2.45, 2.75) is 129 Å². The van der Waals surface area contributed by atoms with Gasteiger partial charge in [-0.2, -0.15) is 0 Å². The molecule has 0 atom stereocenters. The van der Waals surface area contributed by atoms with Crippen LogP contribution in [0, 0.1) is 0 Å². The van der Waals surface area contributed by atoms with Crippen LogP contribution in [0.25, 0.3) is 0 Å². The molecule has 0 aliphatic rings. The van der Waals surface area contributed by atoms with Crippen LogP contribution in [0.15, 0.2) is 0 Å². The van der Waals surface area contributed by atoms with E-state index in [1.165, 1.54) is 103 Å². The van der Waals surface area contributed by atoms with Gasteiger partial charge in [0.2, 0.25) is 0 Å². The van der Waals surface area contributed by atoms with Gasteiger partial charge in [0.15, 0.2) is 8.32 Å². The highest BCUT2D eigenvalue weighted by Crippen LogP contribution is 2.14. The molecular weight excluding hydrogens is 296 g/mol. The van der Waals surface area contributed by atoms with Crippen LogP contribution in [0.2, 0.25) is 19.6 Å². The Bertz CT molecular complexity index is 222. The topological polar surface area (TPSA) is 9.23 Å². The summed E-state index contributed by atoms with van der Waals surface area (Å²) >= 11 is 0. The van der Waals surface area contributed by atoms with Gasteiger partial charge in [-0.3, -0.25) is 0 Å². The first-order chi connectivity index (χ1) is 11.1. The quantitative estimate of drug-likeness (QED) is 0.180. The van der Waals surface area contributed by atoms with Crippen molar-refractivity contribution in [2.75, 3.05) is 6.61 Å². The molecule has 0 heterocycles. The highest BCUT2D eigenvalue weighted by molar-refractivity contribution is 6.69. The van der Waals surface area contributed by atoms with E-state index in [1.807, 2.05) is 0 Å². The van der Waals surface area contributed by atoms with Crippen molar-refractivity contribution >= 4 is 8.32 Å². The van der Waals surface area contributed by atoms with Crippen LogP contribution in [-0.4, -0.2) is 14.9 Å². The largest absolute Gasteiger partial charge is 0.418 e. The summed E-state index contributed by atoms with van der Waals surface area (Å²) < 4.78 is 5.89. The molecule has 0 amide bonds. The van der Waals surface area contributed by atoms with Crippen LogP contribution in [0.1, 0.15) is 110 Å². The second kappa shape index (κ2) is 17.0. The van der Waals surface area contributed by atoms with Crippen molar-refractivity contribution in [1.82, 2.24) is 0 Å². The zero-order valence-electron chi connectivity index (χ0n) is 16.9. The average molecular weight is 343 g/mol. The first-order valence-corrected chi connectivity index (χ1v) is 14.1. The van der Waals surface area contributed by atoms with E-state index in [4.69, 9.17) is 4.43 Å². The number of hydrogen-bond donors (Lipinski definition) is 0. The molecule has 0 N–H and O–H groups in total. The third kappa shape index (κ3) is 22.2. The fourth-order valence-electron chi connectivity index (χ4n) is 3.03. The lowest BCUT2D eigenvalue weighted by Gasteiger charge is -2.16. The Morgan fingerprint density at radius 3 is 1.09 bits per heavy atom. The van der Waals surface area contributed by atoms with Crippen LogP contribution in [0.5, 0.6) is 0 Å². The molecule has 0 spiro atoms. The Morgan fingerprint density at radius 2 is 0.783 bits per heavy atom. The molecule has 0 aliphatic carbocycles. The van der Waals surface area contributed by atoms with Gasteiger partial charge in [-0.15, -0.1) is 0 Å². The standard InChI is InChI=1S/C21H46OSi/c1-5-6-7-8-9-10-11-12-13-14-15-16-17-18-19-20-21-22-23(2,3)4/h5-21H2,1-4H3. The molecule has 140 valence electrons. The molecule has 0 fully saturated rings. The molecule has 0 aromatic rings. The Kier molecular flexibility index (Phi) is 17.1. The third-order valence-corrected chi connectivity index (χ3v) is 5.60. The van der Waals surface area contributed by atoms with Crippen molar-refractivity contribution in [3.63, 3.8) is 0 Å². The fourth-order valence-corrected chi connectivity index (χ4v) is 3.79. The minimum absolute atomic E-state index is 0.994. The van der Waals surface area contributed by atoms with Crippen molar-refractivity contribution in [3.8, 4) is 0 Å². The summed E-state index contributed by atoms with van der Waals surface area (Å²) in [7, 11) is -1.27. The van der Waals surface area contributed by atoms with E-state index in [0.717, 1.165) is 6.61 Å². The van der Waals surface area contributed by atoms with E-state index >= 15 is 0 Å². The molecule has 23 heavy (non-hydrogen) atoms. The minimum Gasteiger partial charge on any atom is -0.418 e. The Balaban J connectivity index is 3.00. The van der Waals surface area contributed by atoms with Gasteiger partial charge >= 0.3 is 0 Å². The Hall–Kier alpha value is 0.177. The SMILES string of the molecule is CCCCCCCCCCCCCCCCCCO[Si](C)(C)C. The van der Waals surface area contributed by atoms with Crippen molar-refractivity contribution in [1.29, 1.82) is 0 Å². The van der Waals surface area contributed by atoms with Gasteiger partial charge in [0.25, 0.3) is 0 Å². The smallest absolute Gasteiger partial charge is 0.183 e. The molecule has 0 saturated carbocycles. The molecule has 2 heteroatoms. The zero-order chi connectivity index (χ0) is 17.2. The van der Waals surface area contributed by atoms with Crippen LogP contribution < -0.4 is 0 Å². The van der Waals surface area contributed by atoms with Gasteiger partial charge in [-0.05, 0) is 26.1 Å². The molecule has 0 unspecified atom stereocenters. The van der Waals surface area contributed by atoms with Crippen LogP contribution in [-0.2, 0) is 4.43 Å². The summed E-state index contributed by atoms with van der Waals surface area (Å²) in [5.74, 6) is 0. The number of rotatable bonds is 18. The van der Waals surface area contributed by atoms with Crippen molar-refractivity contribution in [2.24, 2.45) is 0 Å². The molecular formula is C21H46OSi. The average Bonchev–Trinajstić information content (AvgIpc) is 2.49. The second-order valence-electron chi connectivity index (χ2n) is 8.26. The van der Waals surface area contributed by atoms with E-state index in [1.54, 1.807) is 0 Å². The second-order valence-corrected chi connectivity index (χ2v) is 12.8. The first-order valence-electron chi connectivity index (χ1n) is 10.7. The molecule has 0 saturated heterocycles. The lowest BCUT2D eigenvalue weighted by molar-refractivity contribution is 0.298. The summed E-state index contributed by atoms with van der Waals surface area (Å²) in [5, 5.41) is 0. The number of unbranched alkanes of at least 4 members (excludes halogenated alkanes) is 15. The van der Waals surface area contributed by atoms with Gasteiger partial charge in [0.05, 0.1) is 0 Å². The number of hydrogen-bond acceptors (Lipinski definition) is 1. The third-order valence-electron chi connectivity index (χ3n) is 4.53. The summed E-state index contributed by atoms with van der Waals surface area (Å²) in [6.45, 7) is 10.1. The van der Waals surface area contributed by atoms with Crippen LogP contribution in [0.4, 0.5) is 0 Å². The molecule has 0 aromatic heterocycles. The van der Waals surface area contributed by atoms with Gasteiger partial charge in [-0.25, -0.2) is 0 Å². The maximum absolute atomic E-state index is 5.89. The van der Waals surface area contributed by atoms with Gasteiger partial charge in [-0.1, -0.05) is 103 Å². The molecule has 0 rings (SSSR count). The van der Waals surface area contributed by atoms with Crippen LogP contribution >= 0.6 is 0 Å². The van der Waals surface area contributed by atoms with Crippen LogP contribution in [0.3, 0.4) is 0 Å². The predicted molar refractivity (Wildman–Crippen MR) is 109 cm³/mol. The van der Waals surface area contributed by atoms with E-state index in [-0.39, 0.29) is 0 Å². The highest BCUT2D eigenvalue weighted by atomic mass is 28.4. The van der Waals surface area contributed by atoms with Crippen molar-refractivity contribution < 1.29 is 4.43 Å². The first kappa shape index (κ1) is 23.2. The summed E-state index contributed by atoms with van der Waals surface area (Å²) in [5.41, 5.74) is 0. The molecule has 1 nitrogen and oxygen atoms in total. The summed E-state index contributed by atoms with van der Waals surface area (Å²) in [6, 6.07) is 0. The molecule has 0 aromatic carbocycles. The lowest BCUT2D eigenvalue weighted by Crippen LogP contribution is -2.25. The van der Waals surface area contributed by atoms with Crippen molar-refractivity contribution in [3.05, 3.63) is 0 Å². The Labute approximate surface area is 149 Å². The van der Waals surface area contributed by atoms with E-state index in [0.29, 0.717) is 0 Å². The maximum atomic E-state index is 5.89. The molecule has 0 radical (unpaired) electrons. The maximum Gasteiger partial charge on any atom is 0.183 e. The van der Waals surface area contributed by atoms with Gasteiger partial charge < -0.3 is 4.43 Å². The fraction of sp³-hybridized carbons (Fsp3) is 1.00.